The summed E-state index contributed by atoms with van der Waals surface area (Å²) in [6.45, 7) is 0. The van der Waals surface area contributed by atoms with Crippen LogP contribution in [0.25, 0.3) is 78.1 Å². The zero-order chi connectivity index (χ0) is 29.3. The van der Waals surface area contributed by atoms with Gasteiger partial charge in [-0.3, -0.25) is 4.98 Å². The van der Waals surface area contributed by atoms with Gasteiger partial charge in [0.2, 0.25) is 0 Å². The van der Waals surface area contributed by atoms with E-state index >= 15 is 0 Å². The summed E-state index contributed by atoms with van der Waals surface area (Å²) in [6.07, 6.45) is 1.84. The van der Waals surface area contributed by atoms with Gasteiger partial charge in [0.15, 0.2) is 17.5 Å². The Morgan fingerprint density at radius 1 is 0.341 bits per heavy atom. The van der Waals surface area contributed by atoms with Crippen molar-refractivity contribution in [3.05, 3.63) is 158 Å². The van der Waals surface area contributed by atoms with Crippen LogP contribution in [-0.2, 0) is 0 Å². The molecule has 6 aromatic carbocycles. The van der Waals surface area contributed by atoms with E-state index in [-0.39, 0.29) is 0 Å². The molecule has 0 amide bonds. The predicted octanol–water partition coefficient (Wildman–Crippen LogP) is 9.91. The van der Waals surface area contributed by atoms with E-state index in [1.807, 2.05) is 72.9 Å². The van der Waals surface area contributed by atoms with E-state index < -0.39 is 0 Å². The third-order valence-corrected chi connectivity index (χ3v) is 8.00. The Bertz CT molecular complexity index is 2190. The Hall–Kier alpha value is -6.00. The van der Waals surface area contributed by atoms with E-state index in [1.54, 1.807) is 0 Å². The fraction of sp³-hybridized carbons (Fsp3) is 0. The van der Waals surface area contributed by atoms with Crippen molar-refractivity contribution in [3.8, 4) is 56.4 Å². The zero-order valence-corrected chi connectivity index (χ0v) is 23.8. The molecule has 0 atom stereocenters. The first-order chi connectivity index (χ1) is 21.8. The van der Waals surface area contributed by atoms with Gasteiger partial charge in [-0.1, -0.05) is 140 Å². The molecule has 0 spiro atoms. The third-order valence-electron chi connectivity index (χ3n) is 8.00. The Balaban J connectivity index is 1.29. The molecule has 8 rings (SSSR count). The number of aromatic nitrogens is 4. The van der Waals surface area contributed by atoms with Crippen LogP contribution in [0, 0.1) is 0 Å². The summed E-state index contributed by atoms with van der Waals surface area (Å²) in [4.78, 5) is 19.5. The van der Waals surface area contributed by atoms with Crippen LogP contribution in [0.15, 0.2) is 158 Å². The number of benzene rings is 6. The summed E-state index contributed by atoms with van der Waals surface area (Å²) in [5.41, 5.74) is 8.46. The molecule has 0 N–H and O–H groups in total. The normalized spacial score (nSPS) is 11.2. The summed E-state index contributed by atoms with van der Waals surface area (Å²) in [6, 6.07) is 52.2. The lowest BCUT2D eigenvalue weighted by atomic mass is 9.92. The molecule has 4 heteroatoms. The van der Waals surface area contributed by atoms with Crippen LogP contribution >= 0.6 is 0 Å². The second kappa shape index (κ2) is 11.0. The second-order valence-corrected chi connectivity index (χ2v) is 10.7. The first-order valence-corrected chi connectivity index (χ1v) is 14.7. The van der Waals surface area contributed by atoms with E-state index in [0.29, 0.717) is 17.5 Å². The molecule has 0 radical (unpaired) electrons. The summed E-state index contributed by atoms with van der Waals surface area (Å²) in [5.74, 6) is 1.95. The van der Waals surface area contributed by atoms with Gasteiger partial charge in [-0.2, -0.15) is 0 Å². The summed E-state index contributed by atoms with van der Waals surface area (Å²) in [5, 5.41) is 3.39. The molecule has 0 aliphatic rings. The Kier molecular flexibility index (Phi) is 6.43. The molecule has 0 aliphatic heterocycles. The third kappa shape index (κ3) is 4.69. The number of nitrogens with zero attached hydrogens (tertiary/aromatic N) is 4. The van der Waals surface area contributed by atoms with Crippen LogP contribution in [0.4, 0.5) is 0 Å². The number of rotatable bonds is 5. The van der Waals surface area contributed by atoms with Crippen LogP contribution in [0.3, 0.4) is 0 Å². The quantitative estimate of drug-likeness (QED) is 0.209. The average molecular weight is 563 g/mol. The van der Waals surface area contributed by atoms with E-state index in [4.69, 9.17) is 15.0 Å². The minimum absolute atomic E-state index is 0.649. The molecular weight excluding hydrogens is 536 g/mol. The van der Waals surface area contributed by atoms with Gasteiger partial charge in [0.1, 0.15) is 0 Å². The van der Waals surface area contributed by atoms with Gasteiger partial charge < -0.3 is 0 Å². The smallest absolute Gasteiger partial charge is 0.164 e. The van der Waals surface area contributed by atoms with Crippen LogP contribution < -0.4 is 0 Å². The van der Waals surface area contributed by atoms with Crippen molar-refractivity contribution in [1.82, 2.24) is 19.9 Å². The number of hydrogen-bond acceptors (Lipinski definition) is 4. The summed E-state index contributed by atoms with van der Waals surface area (Å²) >= 11 is 0. The Morgan fingerprint density at radius 3 is 1.55 bits per heavy atom. The van der Waals surface area contributed by atoms with Crippen LogP contribution in [0.2, 0.25) is 0 Å². The minimum atomic E-state index is 0.649. The lowest BCUT2D eigenvalue weighted by Crippen LogP contribution is -2.00. The van der Waals surface area contributed by atoms with Gasteiger partial charge in [-0.25, -0.2) is 15.0 Å². The maximum absolute atomic E-state index is 5.04. The molecule has 0 bridgehead atoms. The van der Waals surface area contributed by atoms with Crippen molar-refractivity contribution in [2.45, 2.75) is 0 Å². The van der Waals surface area contributed by atoms with Crippen LogP contribution in [0.5, 0.6) is 0 Å². The molecule has 0 saturated carbocycles. The zero-order valence-electron chi connectivity index (χ0n) is 23.8. The van der Waals surface area contributed by atoms with E-state index in [2.05, 4.69) is 89.9 Å². The van der Waals surface area contributed by atoms with Crippen LogP contribution in [-0.4, -0.2) is 19.9 Å². The molecule has 0 fully saturated rings. The minimum Gasteiger partial charge on any atom is -0.256 e. The van der Waals surface area contributed by atoms with Gasteiger partial charge in [0, 0.05) is 33.7 Å². The molecule has 8 aromatic rings. The average Bonchev–Trinajstić information content (AvgIpc) is 3.11. The molecule has 2 heterocycles. The van der Waals surface area contributed by atoms with Crippen molar-refractivity contribution in [3.63, 3.8) is 0 Å². The molecule has 0 unspecified atom stereocenters. The largest absolute Gasteiger partial charge is 0.256 e. The lowest BCUT2D eigenvalue weighted by molar-refractivity contribution is 1.08. The first kappa shape index (κ1) is 25.7. The Labute approximate surface area is 255 Å². The summed E-state index contributed by atoms with van der Waals surface area (Å²) in [7, 11) is 0. The summed E-state index contributed by atoms with van der Waals surface area (Å²) < 4.78 is 0. The number of hydrogen-bond donors (Lipinski definition) is 0. The van der Waals surface area contributed by atoms with Gasteiger partial charge in [-0.05, 0) is 39.8 Å². The highest BCUT2D eigenvalue weighted by Gasteiger charge is 2.16. The lowest BCUT2D eigenvalue weighted by Gasteiger charge is -2.14. The second-order valence-electron chi connectivity index (χ2n) is 10.7. The molecule has 0 aliphatic carbocycles. The molecular formula is C40H26N4. The van der Waals surface area contributed by atoms with Crippen molar-refractivity contribution < 1.29 is 0 Å². The fourth-order valence-electron chi connectivity index (χ4n) is 5.88. The molecule has 0 saturated heterocycles. The van der Waals surface area contributed by atoms with Gasteiger partial charge >= 0.3 is 0 Å². The fourth-order valence-corrected chi connectivity index (χ4v) is 5.88. The highest BCUT2D eigenvalue weighted by molar-refractivity contribution is 6.06. The van der Waals surface area contributed by atoms with Gasteiger partial charge in [0.05, 0.1) is 5.52 Å². The van der Waals surface area contributed by atoms with E-state index in [9.17, 15) is 0 Å². The van der Waals surface area contributed by atoms with Gasteiger partial charge in [0.25, 0.3) is 0 Å². The van der Waals surface area contributed by atoms with Crippen molar-refractivity contribution >= 4 is 21.7 Å². The topological polar surface area (TPSA) is 51.6 Å². The number of fused-ring (bicyclic) bond motifs is 2. The van der Waals surface area contributed by atoms with Crippen molar-refractivity contribution in [2.75, 3.05) is 0 Å². The maximum atomic E-state index is 5.04. The SMILES string of the molecule is c1ccc(-c2nc(-c3ccccc3)nc(-c3cccc4cccc(-c5ccc(-c6cccc7ncccc67)cc5)c34)n2)cc1. The maximum Gasteiger partial charge on any atom is 0.164 e. The standard InChI is InChI=1S/C40H26N4/c1-3-11-30(12-4-1)38-42-39(31-13-5-2-6-14-31)44-40(43-38)35-19-8-16-29-15-7-18-33(37(29)35)28-24-22-27(23-25-28)32-17-9-21-36-34(32)20-10-26-41-36/h1-26H. The molecule has 206 valence electrons. The van der Waals surface area contributed by atoms with E-state index in [0.717, 1.165) is 55.1 Å². The molecule has 2 aromatic heterocycles. The van der Waals surface area contributed by atoms with Crippen molar-refractivity contribution in [2.24, 2.45) is 0 Å². The van der Waals surface area contributed by atoms with Crippen LogP contribution in [0.1, 0.15) is 0 Å². The molecule has 4 nitrogen and oxygen atoms in total. The monoisotopic (exact) mass is 562 g/mol. The van der Waals surface area contributed by atoms with E-state index in [1.165, 1.54) is 5.56 Å². The number of pyridine rings is 1. The first-order valence-electron chi connectivity index (χ1n) is 14.7. The molecule has 44 heavy (non-hydrogen) atoms. The Morgan fingerprint density at radius 2 is 0.886 bits per heavy atom. The highest BCUT2D eigenvalue weighted by atomic mass is 15.0. The van der Waals surface area contributed by atoms with Crippen molar-refractivity contribution in [1.29, 1.82) is 0 Å². The predicted molar refractivity (Wildman–Crippen MR) is 180 cm³/mol. The van der Waals surface area contributed by atoms with Gasteiger partial charge in [-0.15, -0.1) is 0 Å². The highest BCUT2D eigenvalue weighted by Crippen LogP contribution is 2.37.